The molecular formula is C6H13NO3Si. The Balaban J connectivity index is 2.39. The lowest BCUT2D eigenvalue weighted by Gasteiger charge is -2.12. The van der Waals surface area contributed by atoms with Crippen LogP contribution in [-0.2, 0) is 9.22 Å². The molecule has 1 rings (SSSR count). The summed E-state index contributed by atoms with van der Waals surface area (Å²) in [6.45, 7) is 2.59. The Morgan fingerprint density at radius 1 is 1.82 bits per heavy atom. The average molecular weight is 175 g/mol. The van der Waals surface area contributed by atoms with Gasteiger partial charge in [0.15, 0.2) is 0 Å². The number of carbonyl (C=O) groups is 1. The fourth-order valence-electron chi connectivity index (χ4n) is 1.16. The minimum absolute atomic E-state index is 0.288. The molecule has 0 amide bonds. The molecule has 0 aromatic carbocycles. The summed E-state index contributed by atoms with van der Waals surface area (Å²) < 4.78 is 4.87. The second kappa shape index (κ2) is 3.84. The van der Waals surface area contributed by atoms with E-state index in [1.54, 1.807) is 0 Å². The van der Waals surface area contributed by atoms with Crippen LogP contribution in [0.1, 0.15) is 6.42 Å². The van der Waals surface area contributed by atoms with Gasteiger partial charge in [-0.1, -0.05) is 0 Å². The van der Waals surface area contributed by atoms with Gasteiger partial charge in [0.05, 0.1) is 6.10 Å². The molecule has 0 aromatic heterocycles. The third kappa shape index (κ3) is 2.02. The molecule has 2 atom stereocenters. The molecule has 1 aliphatic heterocycles. The maximum Gasteiger partial charge on any atom is 0.312 e. The fourth-order valence-corrected chi connectivity index (χ4v) is 1.63. The van der Waals surface area contributed by atoms with Gasteiger partial charge in [0.25, 0.3) is 0 Å². The molecule has 1 unspecified atom stereocenters. The lowest BCUT2D eigenvalue weighted by Crippen LogP contribution is -2.40. The molecule has 11 heavy (non-hydrogen) atoms. The lowest BCUT2D eigenvalue weighted by atomic mass is 10.2. The lowest BCUT2D eigenvalue weighted by molar-refractivity contribution is -0.138. The van der Waals surface area contributed by atoms with Crippen molar-refractivity contribution < 1.29 is 14.3 Å². The van der Waals surface area contributed by atoms with Crippen molar-refractivity contribution in [3.63, 3.8) is 0 Å². The number of rotatable bonds is 2. The average Bonchev–Trinajstić information content (AvgIpc) is 2.36. The van der Waals surface area contributed by atoms with Gasteiger partial charge in [0.2, 0.25) is 9.76 Å². The number of aliphatic hydroxyl groups is 1. The Hall–Kier alpha value is -0.393. The van der Waals surface area contributed by atoms with Gasteiger partial charge in [-0.25, -0.2) is 0 Å². The van der Waals surface area contributed by atoms with Crippen molar-refractivity contribution in [2.24, 2.45) is 0 Å². The Bertz CT molecular complexity index is 153. The van der Waals surface area contributed by atoms with Gasteiger partial charge in [0, 0.05) is 0 Å². The molecule has 4 nitrogen and oxygen atoms in total. The minimum Gasteiger partial charge on any atom is -0.524 e. The fraction of sp³-hybridized carbons (Fsp3) is 0.833. The van der Waals surface area contributed by atoms with Crippen LogP contribution in [-0.4, -0.2) is 39.5 Å². The summed E-state index contributed by atoms with van der Waals surface area (Å²) in [6.07, 6.45) is 0.0912. The van der Waals surface area contributed by atoms with E-state index in [0.29, 0.717) is 13.0 Å². The van der Waals surface area contributed by atoms with Gasteiger partial charge in [-0.05, 0) is 19.5 Å². The molecule has 64 valence electrons. The van der Waals surface area contributed by atoms with E-state index in [1.165, 1.54) is 0 Å². The van der Waals surface area contributed by atoms with Crippen LogP contribution in [0.25, 0.3) is 0 Å². The molecule has 2 N–H and O–H groups in total. The molecule has 0 aromatic rings. The first kappa shape index (κ1) is 8.70. The first-order valence-electron chi connectivity index (χ1n) is 3.83. The molecule has 1 saturated heterocycles. The van der Waals surface area contributed by atoms with Gasteiger partial charge < -0.3 is 14.8 Å². The number of hydrogen-bond acceptors (Lipinski definition) is 4. The van der Waals surface area contributed by atoms with E-state index in [4.69, 9.17) is 4.43 Å². The van der Waals surface area contributed by atoms with Crippen LogP contribution >= 0.6 is 0 Å². The quantitative estimate of drug-likeness (QED) is 0.495. The predicted octanol–water partition coefficient (Wildman–Crippen LogP) is -1.62. The van der Waals surface area contributed by atoms with E-state index in [1.807, 2.05) is 6.55 Å². The number of aliphatic hydroxyl groups excluding tert-OH is 1. The highest BCUT2D eigenvalue weighted by molar-refractivity contribution is 6.28. The molecule has 0 spiro atoms. The van der Waals surface area contributed by atoms with Crippen LogP contribution in [0.4, 0.5) is 0 Å². The zero-order chi connectivity index (χ0) is 8.27. The van der Waals surface area contributed by atoms with E-state index < -0.39 is 21.9 Å². The Morgan fingerprint density at radius 2 is 2.55 bits per heavy atom. The SMILES string of the molecule is C[SiH2]OC(=O)[C@H]1NCCC1O. The molecule has 1 heterocycles. The van der Waals surface area contributed by atoms with Crippen LogP contribution in [0.5, 0.6) is 0 Å². The van der Waals surface area contributed by atoms with Crippen LogP contribution in [0.15, 0.2) is 0 Å². The number of nitrogens with one attached hydrogen (secondary N) is 1. The van der Waals surface area contributed by atoms with Gasteiger partial charge in [-0.15, -0.1) is 0 Å². The number of hydrogen-bond donors (Lipinski definition) is 2. The summed E-state index contributed by atoms with van der Waals surface area (Å²) in [6, 6.07) is -0.470. The van der Waals surface area contributed by atoms with Gasteiger partial charge >= 0.3 is 5.97 Å². The molecule has 5 heteroatoms. The van der Waals surface area contributed by atoms with Gasteiger partial charge in [-0.3, -0.25) is 4.79 Å². The van der Waals surface area contributed by atoms with Crippen LogP contribution in [0.3, 0.4) is 0 Å². The third-order valence-corrected chi connectivity index (χ3v) is 2.30. The molecule has 0 bridgehead atoms. The zero-order valence-electron chi connectivity index (χ0n) is 6.54. The molecular weight excluding hydrogens is 162 g/mol. The summed E-state index contributed by atoms with van der Waals surface area (Å²) in [5.41, 5.74) is 0. The Labute approximate surface area is 67.9 Å². The largest absolute Gasteiger partial charge is 0.524 e. The highest BCUT2D eigenvalue weighted by Gasteiger charge is 2.31. The van der Waals surface area contributed by atoms with Crippen molar-refractivity contribution >= 4 is 15.7 Å². The monoisotopic (exact) mass is 175 g/mol. The van der Waals surface area contributed by atoms with E-state index in [9.17, 15) is 9.90 Å². The highest BCUT2D eigenvalue weighted by atomic mass is 28.2. The molecule has 0 aliphatic carbocycles. The summed E-state index contributed by atoms with van der Waals surface area (Å²) in [5.74, 6) is -0.288. The smallest absolute Gasteiger partial charge is 0.312 e. The Kier molecular flexibility index (Phi) is 3.04. The zero-order valence-corrected chi connectivity index (χ0v) is 7.95. The maximum absolute atomic E-state index is 11.0. The highest BCUT2D eigenvalue weighted by Crippen LogP contribution is 2.07. The second-order valence-corrected chi connectivity index (χ2v) is 3.41. The van der Waals surface area contributed by atoms with E-state index in [-0.39, 0.29) is 5.97 Å². The first-order chi connectivity index (χ1) is 5.25. The number of carbonyl (C=O) groups excluding carboxylic acids is 1. The molecule has 0 radical (unpaired) electrons. The topological polar surface area (TPSA) is 58.6 Å². The van der Waals surface area contributed by atoms with Crippen molar-refractivity contribution in [2.45, 2.75) is 25.1 Å². The van der Waals surface area contributed by atoms with E-state index in [0.717, 1.165) is 0 Å². The predicted molar refractivity (Wildman–Crippen MR) is 42.9 cm³/mol. The minimum atomic E-state index is -0.690. The normalized spacial score (nSPS) is 31.5. The van der Waals surface area contributed by atoms with Crippen molar-refractivity contribution in [3.05, 3.63) is 0 Å². The molecule has 1 aliphatic rings. The molecule has 0 saturated carbocycles. The third-order valence-electron chi connectivity index (χ3n) is 1.73. The summed E-state index contributed by atoms with van der Waals surface area (Å²) in [7, 11) is -0.690. The standard InChI is InChI=1S/C6H13NO3Si/c1-11-10-6(9)5-4(8)2-3-7-5/h4-5,7-8H,2-3,11H2,1H3/t4?,5-/m0/s1. The van der Waals surface area contributed by atoms with Crippen molar-refractivity contribution in [3.8, 4) is 0 Å². The van der Waals surface area contributed by atoms with Gasteiger partial charge in [0.1, 0.15) is 6.04 Å². The van der Waals surface area contributed by atoms with Crippen molar-refractivity contribution in [1.29, 1.82) is 0 Å². The Morgan fingerprint density at radius 3 is 3.00 bits per heavy atom. The second-order valence-electron chi connectivity index (χ2n) is 2.54. The van der Waals surface area contributed by atoms with E-state index >= 15 is 0 Å². The summed E-state index contributed by atoms with van der Waals surface area (Å²) >= 11 is 0. The van der Waals surface area contributed by atoms with Crippen LogP contribution < -0.4 is 5.32 Å². The summed E-state index contributed by atoms with van der Waals surface area (Å²) in [5, 5.41) is 12.1. The van der Waals surface area contributed by atoms with Gasteiger partial charge in [-0.2, -0.15) is 0 Å². The van der Waals surface area contributed by atoms with Crippen LogP contribution in [0.2, 0.25) is 6.55 Å². The summed E-state index contributed by atoms with van der Waals surface area (Å²) in [4.78, 5) is 11.0. The van der Waals surface area contributed by atoms with E-state index in [2.05, 4.69) is 5.32 Å². The first-order valence-corrected chi connectivity index (χ1v) is 5.83. The van der Waals surface area contributed by atoms with Crippen molar-refractivity contribution in [2.75, 3.05) is 6.54 Å². The van der Waals surface area contributed by atoms with Crippen LogP contribution in [0, 0.1) is 0 Å². The molecule has 1 fully saturated rings. The van der Waals surface area contributed by atoms with Crippen molar-refractivity contribution in [1.82, 2.24) is 5.32 Å². The maximum atomic E-state index is 11.0.